The van der Waals surface area contributed by atoms with Crippen molar-refractivity contribution in [1.29, 1.82) is 0 Å². The van der Waals surface area contributed by atoms with Crippen LogP contribution in [0.4, 0.5) is 4.79 Å². The maximum Gasteiger partial charge on any atom is 0.447 e. The summed E-state index contributed by atoms with van der Waals surface area (Å²) >= 11 is 0. The van der Waals surface area contributed by atoms with Crippen molar-refractivity contribution < 1.29 is 19.4 Å². The molecule has 0 aromatic heterocycles. The average Bonchev–Trinajstić information content (AvgIpc) is 2.15. The van der Waals surface area contributed by atoms with Gasteiger partial charge in [0, 0.05) is 0 Å². The Morgan fingerprint density at radius 2 is 1.69 bits per heavy atom. The van der Waals surface area contributed by atoms with Gasteiger partial charge in [-0.2, -0.15) is 0 Å². The Labute approximate surface area is 74.0 Å². The van der Waals surface area contributed by atoms with Gasteiger partial charge in [-0.3, -0.25) is 0 Å². The van der Waals surface area contributed by atoms with Gasteiger partial charge in [0.1, 0.15) is 0 Å². The fourth-order valence-corrected chi connectivity index (χ4v) is 0.701. The Morgan fingerprint density at radius 1 is 1.08 bits per heavy atom. The number of primary amides is 1. The van der Waals surface area contributed by atoms with Crippen molar-refractivity contribution in [1.82, 2.24) is 0 Å². The quantitative estimate of drug-likeness (QED) is 0.514. The van der Waals surface area contributed by atoms with Crippen molar-refractivity contribution in [2.75, 3.05) is 0 Å². The second kappa shape index (κ2) is 4.10. The number of rotatable bonds is 1. The molecule has 0 spiro atoms. The highest BCUT2D eigenvalue weighted by molar-refractivity contribution is 5.89. The predicted octanol–water partition coefficient (Wildman–Crippen LogP) is 0.854. The third kappa shape index (κ3) is 2.82. The molecule has 0 saturated carbocycles. The molecule has 0 radical (unpaired) electrons. The van der Waals surface area contributed by atoms with Crippen LogP contribution in [-0.2, 0) is 9.78 Å². The molecule has 2 N–H and O–H groups in total. The fourth-order valence-electron chi connectivity index (χ4n) is 0.701. The molecular weight excluding hydrogens is 174 g/mol. The monoisotopic (exact) mass is 181 g/mol. The molecule has 1 rings (SSSR count). The van der Waals surface area contributed by atoms with Gasteiger partial charge in [0.2, 0.25) is 0 Å². The lowest BCUT2D eigenvalue weighted by Gasteiger charge is -1.99. The number of nitrogens with two attached hydrogens (primary N) is 1. The van der Waals surface area contributed by atoms with Crippen molar-refractivity contribution >= 4 is 12.1 Å². The zero-order valence-electron chi connectivity index (χ0n) is 6.60. The maximum atomic E-state index is 11.0. The fraction of sp³-hybridized carbons (Fsp3) is 0. The van der Waals surface area contributed by atoms with Crippen LogP contribution >= 0.6 is 0 Å². The van der Waals surface area contributed by atoms with Crippen LogP contribution in [0.1, 0.15) is 10.4 Å². The minimum atomic E-state index is -1.16. The molecule has 0 heterocycles. The van der Waals surface area contributed by atoms with Gasteiger partial charge in [-0.15, -0.1) is 0 Å². The van der Waals surface area contributed by atoms with E-state index in [0.29, 0.717) is 0 Å². The Bertz CT molecular complexity index is 309. The molecule has 68 valence electrons. The van der Waals surface area contributed by atoms with Crippen molar-refractivity contribution in [2.24, 2.45) is 5.73 Å². The molecular formula is C8H7NO4. The number of carbonyl (C=O) groups excluding carboxylic acids is 2. The Kier molecular flexibility index (Phi) is 2.86. The highest BCUT2D eigenvalue weighted by Crippen LogP contribution is 2.00. The molecule has 0 atom stereocenters. The standard InChI is InChI=1S/C8H7NO4/c9-8(11)13-12-7(10)6-4-2-1-3-5-6/h1-5H,(H2,9,11). The Hall–Kier alpha value is -2.04. The van der Waals surface area contributed by atoms with Gasteiger partial charge in [-0.1, -0.05) is 18.2 Å². The van der Waals surface area contributed by atoms with Crippen LogP contribution in [0, 0.1) is 0 Å². The molecule has 1 aromatic carbocycles. The van der Waals surface area contributed by atoms with Crippen molar-refractivity contribution in [3.8, 4) is 0 Å². The highest BCUT2D eigenvalue weighted by atomic mass is 17.2. The largest absolute Gasteiger partial charge is 0.447 e. The molecule has 1 aromatic rings. The summed E-state index contributed by atoms with van der Waals surface area (Å²) in [7, 11) is 0. The summed E-state index contributed by atoms with van der Waals surface area (Å²) in [6.07, 6.45) is -1.16. The van der Waals surface area contributed by atoms with Gasteiger partial charge in [0.15, 0.2) is 0 Å². The minimum absolute atomic E-state index is 0.281. The average molecular weight is 181 g/mol. The first-order valence-electron chi connectivity index (χ1n) is 3.43. The summed E-state index contributed by atoms with van der Waals surface area (Å²) in [6, 6.07) is 8.09. The van der Waals surface area contributed by atoms with E-state index < -0.39 is 12.1 Å². The van der Waals surface area contributed by atoms with Crippen LogP contribution in [0.2, 0.25) is 0 Å². The summed E-state index contributed by atoms with van der Waals surface area (Å²) in [4.78, 5) is 29.0. The SMILES string of the molecule is NC(=O)OOC(=O)c1ccccc1. The third-order valence-corrected chi connectivity index (χ3v) is 1.21. The lowest BCUT2D eigenvalue weighted by Crippen LogP contribution is -2.16. The number of hydrogen-bond acceptors (Lipinski definition) is 4. The molecule has 0 aliphatic heterocycles. The minimum Gasteiger partial charge on any atom is -0.332 e. The number of benzene rings is 1. The van der Waals surface area contributed by atoms with E-state index in [2.05, 4.69) is 15.5 Å². The second-order valence-electron chi connectivity index (χ2n) is 2.14. The van der Waals surface area contributed by atoms with Crippen LogP contribution < -0.4 is 5.73 Å². The summed E-state index contributed by atoms with van der Waals surface area (Å²) in [6.45, 7) is 0. The molecule has 0 unspecified atom stereocenters. The van der Waals surface area contributed by atoms with Crippen LogP contribution in [0.5, 0.6) is 0 Å². The van der Waals surface area contributed by atoms with E-state index in [1.807, 2.05) is 0 Å². The Balaban J connectivity index is 2.54. The molecule has 5 heteroatoms. The lowest BCUT2D eigenvalue weighted by molar-refractivity contribution is -0.180. The third-order valence-electron chi connectivity index (χ3n) is 1.21. The van der Waals surface area contributed by atoms with Gasteiger partial charge in [-0.05, 0) is 12.1 Å². The zero-order chi connectivity index (χ0) is 9.68. The second-order valence-corrected chi connectivity index (χ2v) is 2.14. The van der Waals surface area contributed by atoms with Crippen LogP contribution in [-0.4, -0.2) is 12.1 Å². The summed E-state index contributed by atoms with van der Waals surface area (Å²) in [5.41, 5.74) is 4.86. The molecule has 13 heavy (non-hydrogen) atoms. The molecule has 5 nitrogen and oxygen atoms in total. The summed E-state index contributed by atoms with van der Waals surface area (Å²) < 4.78 is 0. The first-order valence-corrected chi connectivity index (χ1v) is 3.43. The number of hydrogen-bond donors (Lipinski definition) is 1. The van der Waals surface area contributed by atoms with Crippen molar-refractivity contribution in [3.05, 3.63) is 35.9 Å². The van der Waals surface area contributed by atoms with E-state index in [4.69, 9.17) is 0 Å². The van der Waals surface area contributed by atoms with E-state index in [9.17, 15) is 9.59 Å². The van der Waals surface area contributed by atoms with Crippen LogP contribution in [0.3, 0.4) is 0 Å². The van der Waals surface area contributed by atoms with Crippen molar-refractivity contribution in [2.45, 2.75) is 0 Å². The summed E-state index contributed by atoms with van der Waals surface area (Å²) in [5.74, 6) is -0.764. The topological polar surface area (TPSA) is 78.6 Å². The normalized spacial score (nSPS) is 8.92. The molecule has 0 aliphatic rings. The van der Waals surface area contributed by atoms with Gasteiger partial charge in [-0.25, -0.2) is 19.4 Å². The first kappa shape index (κ1) is 9.05. The van der Waals surface area contributed by atoms with E-state index in [1.54, 1.807) is 18.2 Å². The van der Waals surface area contributed by atoms with Gasteiger partial charge >= 0.3 is 12.1 Å². The number of amides is 1. The molecule has 0 bridgehead atoms. The van der Waals surface area contributed by atoms with E-state index in [0.717, 1.165) is 0 Å². The van der Waals surface area contributed by atoms with Gasteiger partial charge in [0.25, 0.3) is 0 Å². The number of carbonyl (C=O) groups is 2. The van der Waals surface area contributed by atoms with Gasteiger partial charge in [0.05, 0.1) is 5.56 Å². The smallest absolute Gasteiger partial charge is 0.332 e. The molecule has 1 amide bonds. The van der Waals surface area contributed by atoms with E-state index >= 15 is 0 Å². The zero-order valence-corrected chi connectivity index (χ0v) is 6.60. The molecule has 0 saturated heterocycles. The lowest BCUT2D eigenvalue weighted by atomic mass is 10.2. The highest BCUT2D eigenvalue weighted by Gasteiger charge is 2.08. The molecule has 0 fully saturated rings. The van der Waals surface area contributed by atoms with E-state index in [-0.39, 0.29) is 5.56 Å². The van der Waals surface area contributed by atoms with E-state index in [1.165, 1.54) is 12.1 Å². The Morgan fingerprint density at radius 3 is 2.23 bits per heavy atom. The first-order chi connectivity index (χ1) is 6.20. The van der Waals surface area contributed by atoms with Crippen LogP contribution in [0.15, 0.2) is 30.3 Å². The summed E-state index contributed by atoms with van der Waals surface area (Å²) in [5, 5.41) is 0. The molecule has 0 aliphatic carbocycles. The predicted molar refractivity (Wildman–Crippen MR) is 42.5 cm³/mol. The van der Waals surface area contributed by atoms with Crippen molar-refractivity contribution in [3.63, 3.8) is 0 Å². The van der Waals surface area contributed by atoms with Crippen LogP contribution in [0.25, 0.3) is 0 Å². The van der Waals surface area contributed by atoms with Gasteiger partial charge < -0.3 is 5.73 Å². The maximum absolute atomic E-state index is 11.0.